The summed E-state index contributed by atoms with van der Waals surface area (Å²) < 4.78 is 9.48. The molecule has 0 aliphatic heterocycles. The molecule has 78 valence electrons. The summed E-state index contributed by atoms with van der Waals surface area (Å²) in [4.78, 5) is 20.0. The molecule has 0 saturated heterocycles. The van der Waals surface area contributed by atoms with Crippen LogP contribution in [0.2, 0.25) is 0 Å². The largest absolute Gasteiger partial charge is 0.461 e. The third-order valence-corrected chi connectivity index (χ3v) is 1.87. The highest BCUT2D eigenvalue weighted by atomic mass is 32.5. The maximum atomic E-state index is 11.1. The number of hydrogen-bond donors (Lipinski definition) is 2. The van der Waals surface area contributed by atoms with Gasteiger partial charge in [0.15, 0.2) is 6.10 Å². The van der Waals surface area contributed by atoms with Crippen molar-refractivity contribution in [2.75, 3.05) is 0 Å². The number of esters is 1. The van der Waals surface area contributed by atoms with Crippen LogP contribution in [0.4, 0.5) is 0 Å². The van der Waals surface area contributed by atoms with Crippen LogP contribution in [0.1, 0.15) is 20.8 Å². The lowest BCUT2D eigenvalue weighted by Crippen LogP contribution is -2.26. The van der Waals surface area contributed by atoms with Gasteiger partial charge in [-0.2, -0.15) is 0 Å². The Morgan fingerprint density at radius 3 is 2.31 bits per heavy atom. The minimum Gasteiger partial charge on any atom is -0.461 e. The van der Waals surface area contributed by atoms with Gasteiger partial charge in [-0.15, -0.1) is 0 Å². The molecular weight excluding hydrogens is 213 g/mol. The average molecular weight is 227 g/mol. The van der Waals surface area contributed by atoms with E-state index in [-0.39, 0.29) is 6.10 Å². The summed E-state index contributed by atoms with van der Waals surface area (Å²) in [5, 5.41) is 0. The maximum absolute atomic E-state index is 11.1. The van der Waals surface area contributed by atoms with Crippen LogP contribution >= 0.6 is 6.64 Å². The molecule has 5 nitrogen and oxygen atoms in total. The van der Waals surface area contributed by atoms with E-state index in [0.717, 1.165) is 0 Å². The molecule has 0 aliphatic carbocycles. The topological polar surface area (TPSA) is 81.8 Å². The molecule has 0 aromatic heterocycles. The first-order valence-corrected chi connectivity index (χ1v) is 6.47. The molecule has 2 atom stereocenters. The van der Waals surface area contributed by atoms with E-state index in [2.05, 4.69) is 16.3 Å². The lowest BCUT2D eigenvalue weighted by atomic mass is 10.4. The van der Waals surface area contributed by atoms with E-state index in [0.29, 0.717) is 0 Å². The van der Waals surface area contributed by atoms with Crippen LogP contribution in [0, 0.1) is 0 Å². The number of ether oxygens (including phenoxy) is 1. The van der Waals surface area contributed by atoms with Crippen LogP contribution in [-0.2, 0) is 25.9 Å². The van der Waals surface area contributed by atoms with Gasteiger partial charge in [-0.1, -0.05) is 0 Å². The third kappa shape index (κ3) is 7.10. The van der Waals surface area contributed by atoms with Gasteiger partial charge in [0.25, 0.3) is 6.64 Å². The van der Waals surface area contributed by atoms with E-state index in [4.69, 9.17) is 15.1 Å². The second kappa shape index (κ2) is 5.02. The van der Waals surface area contributed by atoms with Gasteiger partial charge in [0.05, 0.1) is 6.10 Å². The Balaban J connectivity index is 4.05. The van der Waals surface area contributed by atoms with Crippen molar-refractivity contribution in [3.63, 3.8) is 0 Å². The van der Waals surface area contributed by atoms with Crippen LogP contribution in [0.3, 0.4) is 0 Å². The lowest BCUT2D eigenvalue weighted by molar-refractivity contribution is -0.154. The van der Waals surface area contributed by atoms with Crippen molar-refractivity contribution in [3.8, 4) is 0 Å². The molecule has 0 heterocycles. The Kier molecular flexibility index (Phi) is 5.02. The molecule has 0 aliphatic rings. The van der Waals surface area contributed by atoms with Gasteiger partial charge in [0.1, 0.15) is 0 Å². The summed E-state index contributed by atoms with van der Waals surface area (Å²) in [7, 11) is 0. The highest BCUT2D eigenvalue weighted by Crippen LogP contribution is 2.33. The zero-order chi connectivity index (χ0) is 10.6. The van der Waals surface area contributed by atoms with Gasteiger partial charge in [-0.25, -0.2) is 4.79 Å². The SMILES string of the molecule is CC(C)OC(=O)[C@H](C)OP(N)(O)=S. The second-order valence-electron chi connectivity index (χ2n) is 2.80. The number of rotatable bonds is 4. The van der Waals surface area contributed by atoms with Crippen molar-refractivity contribution in [3.05, 3.63) is 0 Å². The highest BCUT2D eigenvalue weighted by Gasteiger charge is 2.21. The van der Waals surface area contributed by atoms with Gasteiger partial charge in [-0.05, 0) is 32.6 Å². The molecule has 0 amide bonds. The number of hydrogen-bond acceptors (Lipinski definition) is 4. The van der Waals surface area contributed by atoms with E-state index < -0.39 is 18.7 Å². The summed E-state index contributed by atoms with van der Waals surface area (Å²) >= 11 is 4.41. The summed E-state index contributed by atoms with van der Waals surface area (Å²) in [5.41, 5.74) is 5.06. The molecule has 1 unspecified atom stereocenters. The van der Waals surface area contributed by atoms with E-state index in [9.17, 15) is 4.79 Å². The molecule has 0 aromatic carbocycles. The van der Waals surface area contributed by atoms with Crippen LogP contribution in [0.15, 0.2) is 0 Å². The summed E-state index contributed by atoms with van der Waals surface area (Å²) in [6, 6.07) is 0. The molecule has 0 radical (unpaired) electrons. The Labute approximate surface area is 82.4 Å². The molecule has 0 bridgehead atoms. The zero-order valence-corrected chi connectivity index (χ0v) is 9.47. The molecule has 0 rings (SSSR count). The first-order chi connectivity index (χ1) is 5.72. The first kappa shape index (κ1) is 13.0. The lowest BCUT2D eigenvalue weighted by Gasteiger charge is -2.17. The molecule has 3 N–H and O–H groups in total. The molecule has 0 fully saturated rings. The molecule has 7 heteroatoms. The number of nitrogens with two attached hydrogens (primary N) is 1. The minimum atomic E-state index is -3.29. The monoisotopic (exact) mass is 227 g/mol. The second-order valence-corrected chi connectivity index (χ2v) is 5.71. The van der Waals surface area contributed by atoms with Crippen LogP contribution in [0.25, 0.3) is 0 Å². The minimum absolute atomic E-state index is 0.229. The van der Waals surface area contributed by atoms with Crippen molar-refractivity contribution in [1.29, 1.82) is 0 Å². The standard InChI is InChI=1S/C6H14NO4PS/c1-4(2)10-6(8)5(3)11-12(7,9)13/h4-5H,1-3H3,(H3,7,9,13)/t5-,12?/m0/s1. The Hall–Kier alpha value is -0.0000000000000000833. The summed E-state index contributed by atoms with van der Waals surface area (Å²) in [6.07, 6.45) is -1.16. The Morgan fingerprint density at radius 2 is 2.00 bits per heavy atom. The smallest absolute Gasteiger partial charge is 0.335 e. The molecule has 13 heavy (non-hydrogen) atoms. The molecule has 0 spiro atoms. The van der Waals surface area contributed by atoms with Crippen LogP contribution < -0.4 is 5.50 Å². The first-order valence-electron chi connectivity index (χ1n) is 3.72. The van der Waals surface area contributed by atoms with Crippen molar-refractivity contribution in [1.82, 2.24) is 0 Å². The fraction of sp³-hybridized carbons (Fsp3) is 0.833. The Morgan fingerprint density at radius 1 is 1.54 bits per heavy atom. The quantitative estimate of drug-likeness (QED) is 0.538. The van der Waals surface area contributed by atoms with E-state index in [1.54, 1.807) is 13.8 Å². The van der Waals surface area contributed by atoms with Crippen LogP contribution in [-0.4, -0.2) is 23.1 Å². The highest BCUT2D eigenvalue weighted by molar-refractivity contribution is 8.08. The van der Waals surface area contributed by atoms with Gasteiger partial charge < -0.3 is 14.2 Å². The van der Waals surface area contributed by atoms with Gasteiger partial charge in [0.2, 0.25) is 0 Å². The Bertz CT molecular complexity index is 227. The van der Waals surface area contributed by atoms with Crippen molar-refractivity contribution in [2.24, 2.45) is 5.50 Å². The molecule has 0 aromatic rings. The zero-order valence-electron chi connectivity index (χ0n) is 7.76. The average Bonchev–Trinajstić information content (AvgIpc) is 1.81. The summed E-state index contributed by atoms with van der Waals surface area (Å²) in [5.74, 6) is -0.580. The van der Waals surface area contributed by atoms with Crippen molar-refractivity contribution >= 4 is 24.4 Å². The van der Waals surface area contributed by atoms with Crippen molar-refractivity contribution in [2.45, 2.75) is 33.0 Å². The van der Waals surface area contributed by atoms with Crippen LogP contribution in [0.5, 0.6) is 0 Å². The van der Waals surface area contributed by atoms with E-state index in [1.807, 2.05) is 0 Å². The normalized spacial score (nSPS) is 18.0. The fourth-order valence-corrected chi connectivity index (χ4v) is 1.52. The predicted octanol–water partition coefficient (Wildman–Crippen LogP) is 0.519. The third-order valence-electron chi connectivity index (χ3n) is 0.993. The molecule has 0 saturated carbocycles. The number of carbonyl (C=O) groups is 1. The van der Waals surface area contributed by atoms with Gasteiger partial charge in [0, 0.05) is 0 Å². The van der Waals surface area contributed by atoms with E-state index in [1.165, 1.54) is 6.92 Å². The van der Waals surface area contributed by atoms with Crippen molar-refractivity contribution < 1.29 is 18.9 Å². The summed E-state index contributed by atoms with van der Waals surface area (Å²) in [6.45, 7) is 1.56. The van der Waals surface area contributed by atoms with Gasteiger partial charge >= 0.3 is 5.97 Å². The maximum Gasteiger partial charge on any atom is 0.335 e. The molecular formula is C6H14NO4PS. The number of carbonyl (C=O) groups excluding carboxylic acids is 1. The predicted molar refractivity (Wildman–Crippen MR) is 52.5 cm³/mol. The van der Waals surface area contributed by atoms with Gasteiger partial charge in [-0.3, -0.25) is 5.50 Å². The van der Waals surface area contributed by atoms with E-state index >= 15 is 0 Å². The fourth-order valence-electron chi connectivity index (χ4n) is 0.598.